The summed E-state index contributed by atoms with van der Waals surface area (Å²) < 4.78 is 0. The van der Waals surface area contributed by atoms with Crippen molar-refractivity contribution in [3.05, 3.63) is 0 Å². The predicted molar refractivity (Wildman–Crippen MR) is 53.2 cm³/mol. The zero-order chi connectivity index (χ0) is 9.19. The molecule has 2 N–H and O–H groups in total. The van der Waals surface area contributed by atoms with Gasteiger partial charge in [0.2, 0.25) is 0 Å². The van der Waals surface area contributed by atoms with Crippen molar-refractivity contribution in [2.24, 2.45) is 5.73 Å². The molecule has 2 nitrogen and oxygen atoms in total. The lowest BCUT2D eigenvalue weighted by Gasteiger charge is -2.31. The summed E-state index contributed by atoms with van der Waals surface area (Å²) in [4.78, 5) is 2.57. The van der Waals surface area contributed by atoms with Crippen molar-refractivity contribution in [1.29, 1.82) is 0 Å². The molecule has 0 spiro atoms. The summed E-state index contributed by atoms with van der Waals surface area (Å²) in [5, 5.41) is 0. The van der Waals surface area contributed by atoms with Crippen LogP contribution in [0.25, 0.3) is 0 Å². The average Bonchev–Trinajstić information content (AvgIpc) is 2.25. The Labute approximate surface area is 76.1 Å². The van der Waals surface area contributed by atoms with Crippen LogP contribution in [0.3, 0.4) is 0 Å². The minimum absolute atomic E-state index is 0.349. The molecule has 0 amide bonds. The lowest BCUT2D eigenvalue weighted by atomic mass is 10.0. The number of hydrogen-bond donors (Lipinski definition) is 1. The van der Waals surface area contributed by atoms with Crippen molar-refractivity contribution in [2.75, 3.05) is 13.1 Å². The van der Waals surface area contributed by atoms with Crippen molar-refractivity contribution >= 4 is 0 Å². The highest BCUT2D eigenvalue weighted by molar-refractivity contribution is 4.87. The molecule has 72 valence electrons. The molecular weight excluding hydrogens is 148 g/mol. The van der Waals surface area contributed by atoms with E-state index in [2.05, 4.69) is 25.7 Å². The summed E-state index contributed by atoms with van der Waals surface area (Å²) in [5.74, 6) is 0. The topological polar surface area (TPSA) is 29.3 Å². The van der Waals surface area contributed by atoms with E-state index in [1.54, 1.807) is 0 Å². The van der Waals surface area contributed by atoms with E-state index in [0.29, 0.717) is 11.6 Å². The summed E-state index contributed by atoms with van der Waals surface area (Å²) in [7, 11) is 0. The van der Waals surface area contributed by atoms with Gasteiger partial charge in [0, 0.05) is 18.1 Å². The first-order valence-electron chi connectivity index (χ1n) is 5.03. The molecule has 1 aliphatic heterocycles. The molecule has 1 rings (SSSR count). The van der Waals surface area contributed by atoms with E-state index in [4.69, 9.17) is 5.73 Å². The van der Waals surface area contributed by atoms with Crippen molar-refractivity contribution in [3.8, 4) is 0 Å². The number of hydrogen-bond acceptors (Lipinski definition) is 2. The maximum atomic E-state index is 5.73. The molecule has 0 radical (unpaired) electrons. The van der Waals surface area contributed by atoms with E-state index >= 15 is 0 Å². The van der Waals surface area contributed by atoms with Crippen LogP contribution in [-0.2, 0) is 0 Å². The SMILES string of the molecule is CC(N)CCN1CCCC1(C)C. The Kier molecular flexibility index (Phi) is 3.13. The molecule has 0 aromatic rings. The molecule has 12 heavy (non-hydrogen) atoms. The van der Waals surface area contributed by atoms with Gasteiger partial charge in [-0.05, 0) is 46.6 Å². The van der Waals surface area contributed by atoms with Gasteiger partial charge in [0.1, 0.15) is 0 Å². The minimum Gasteiger partial charge on any atom is -0.328 e. The molecule has 1 atom stereocenters. The fraction of sp³-hybridized carbons (Fsp3) is 1.00. The van der Waals surface area contributed by atoms with E-state index in [1.165, 1.54) is 25.9 Å². The summed E-state index contributed by atoms with van der Waals surface area (Å²) in [6, 6.07) is 0.349. The van der Waals surface area contributed by atoms with E-state index in [-0.39, 0.29) is 0 Å². The van der Waals surface area contributed by atoms with Crippen molar-refractivity contribution in [2.45, 2.75) is 51.6 Å². The molecule has 0 saturated carbocycles. The number of nitrogens with two attached hydrogens (primary N) is 1. The van der Waals surface area contributed by atoms with Gasteiger partial charge in [-0.2, -0.15) is 0 Å². The van der Waals surface area contributed by atoms with E-state index in [0.717, 1.165) is 6.42 Å². The Balaban J connectivity index is 2.32. The maximum absolute atomic E-state index is 5.73. The molecule has 0 aromatic carbocycles. The fourth-order valence-corrected chi connectivity index (χ4v) is 1.94. The molecule has 1 heterocycles. The van der Waals surface area contributed by atoms with Gasteiger partial charge in [-0.15, -0.1) is 0 Å². The smallest absolute Gasteiger partial charge is 0.0153 e. The van der Waals surface area contributed by atoms with Gasteiger partial charge in [-0.25, -0.2) is 0 Å². The van der Waals surface area contributed by atoms with Gasteiger partial charge < -0.3 is 5.73 Å². The van der Waals surface area contributed by atoms with Crippen LogP contribution in [0, 0.1) is 0 Å². The second-order valence-corrected chi connectivity index (χ2v) is 4.67. The highest BCUT2D eigenvalue weighted by Gasteiger charge is 2.30. The van der Waals surface area contributed by atoms with Crippen molar-refractivity contribution in [1.82, 2.24) is 4.90 Å². The number of rotatable bonds is 3. The van der Waals surface area contributed by atoms with Gasteiger partial charge in [0.25, 0.3) is 0 Å². The summed E-state index contributed by atoms with van der Waals surface area (Å²) in [5.41, 5.74) is 6.16. The van der Waals surface area contributed by atoms with Gasteiger partial charge in [-0.1, -0.05) is 0 Å². The standard InChI is InChI=1S/C10H22N2/c1-9(11)5-8-12-7-4-6-10(12,2)3/h9H,4-8,11H2,1-3H3. The number of nitrogens with zero attached hydrogens (tertiary/aromatic N) is 1. The third kappa shape index (κ3) is 2.46. The van der Waals surface area contributed by atoms with Crippen LogP contribution in [0.4, 0.5) is 0 Å². The molecule has 0 bridgehead atoms. The van der Waals surface area contributed by atoms with Gasteiger partial charge in [-0.3, -0.25) is 4.90 Å². The monoisotopic (exact) mass is 170 g/mol. The van der Waals surface area contributed by atoms with Crippen LogP contribution in [0.1, 0.15) is 40.0 Å². The molecule has 0 aliphatic carbocycles. The second kappa shape index (κ2) is 3.75. The molecule has 0 aromatic heterocycles. The van der Waals surface area contributed by atoms with Crippen LogP contribution in [0.5, 0.6) is 0 Å². The Bertz CT molecular complexity index is 141. The van der Waals surface area contributed by atoms with Crippen molar-refractivity contribution < 1.29 is 0 Å². The molecule has 1 aliphatic rings. The molecular formula is C10H22N2. The quantitative estimate of drug-likeness (QED) is 0.697. The van der Waals surface area contributed by atoms with Gasteiger partial charge >= 0.3 is 0 Å². The van der Waals surface area contributed by atoms with Crippen LogP contribution in [0.2, 0.25) is 0 Å². The van der Waals surface area contributed by atoms with Gasteiger partial charge in [0.15, 0.2) is 0 Å². The summed E-state index contributed by atoms with van der Waals surface area (Å²) >= 11 is 0. The first kappa shape index (κ1) is 10.0. The normalized spacial score (nSPS) is 26.0. The number of likely N-dealkylation sites (tertiary alicyclic amines) is 1. The summed E-state index contributed by atoms with van der Waals surface area (Å²) in [6.07, 6.45) is 3.82. The third-order valence-corrected chi connectivity index (χ3v) is 2.93. The molecule has 1 saturated heterocycles. The first-order valence-corrected chi connectivity index (χ1v) is 5.03. The zero-order valence-corrected chi connectivity index (χ0v) is 8.64. The van der Waals surface area contributed by atoms with E-state index in [9.17, 15) is 0 Å². The van der Waals surface area contributed by atoms with Crippen LogP contribution >= 0.6 is 0 Å². The van der Waals surface area contributed by atoms with Crippen molar-refractivity contribution in [3.63, 3.8) is 0 Å². The van der Waals surface area contributed by atoms with Crippen LogP contribution in [-0.4, -0.2) is 29.6 Å². The molecule has 1 fully saturated rings. The van der Waals surface area contributed by atoms with Crippen LogP contribution in [0.15, 0.2) is 0 Å². The predicted octanol–water partition coefficient (Wildman–Crippen LogP) is 1.60. The second-order valence-electron chi connectivity index (χ2n) is 4.67. The lowest BCUT2D eigenvalue weighted by Crippen LogP contribution is -2.40. The van der Waals surface area contributed by atoms with Crippen LogP contribution < -0.4 is 5.73 Å². The highest BCUT2D eigenvalue weighted by Crippen LogP contribution is 2.27. The maximum Gasteiger partial charge on any atom is 0.0153 e. The summed E-state index contributed by atoms with van der Waals surface area (Å²) in [6.45, 7) is 9.19. The van der Waals surface area contributed by atoms with E-state index < -0.39 is 0 Å². The average molecular weight is 170 g/mol. The van der Waals surface area contributed by atoms with Gasteiger partial charge in [0.05, 0.1) is 0 Å². The van der Waals surface area contributed by atoms with E-state index in [1.807, 2.05) is 0 Å². The Morgan fingerprint density at radius 2 is 2.17 bits per heavy atom. The first-order chi connectivity index (χ1) is 5.52. The highest BCUT2D eigenvalue weighted by atomic mass is 15.2. The Morgan fingerprint density at radius 3 is 2.58 bits per heavy atom. The molecule has 1 unspecified atom stereocenters. The fourth-order valence-electron chi connectivity index (χ4n) is 1.94. The Morgan fingerprint density at radius 1 is 1.50 bits per heavy atom. The minimum atomic E-state index is 0.349. The third-order valence-electron chi connectivity index (χ3n) is 2.93. The largest absolute Gasteiger partial charge is 0.328 e. The zero-order valence-electron chi connectivity index (χ0n) is 8.64. The Hall–Kier alpha value is -0.0800. The molecule has 2 heteroatoms. The lowest BCUT2D eigenvalue weighted by molar-refractivity contribution is 0.170.